The largest absolute Gasteiger partial charge is 0.513 e. The number of benzene rings is 2. The van der Waals surface area contributed by atoms with E-state index in [9.17, 15) is 9.59 Å². The smallest absolute Gasteiger partial charge is 0.455 e. The molecule has 0 saturated carbocycles. The molecule has 2 rings (SSSR count). The van der Waals surface area contributed by atoms with Gasteiger partial charge in [0.05, 0.1) is 13.2 Å². The number of carbonyl (C=O) groups is 2. The van der Waals surface area contributed by atoms with E-state index < -0.39 is 45.6 Å². The van der Waals surface area contributed by atoms with E-state index in [2.05, 4.69) is 73.1 Å². The highest BCUT2D eigenvalue weighted by Gasteiger charge is 2.33. The lowest BCUT2D eigenvalue weighted by atomic mass is 9.93. The van der Waals surface area contributed by atoms with Gasteiger partial charge in [0.15, 0.2) is 33.3 Å². The topological polar surface area (TPSA) is 108 Å². The van der Waals surface area contributed by atoms with Crippen molar-refractivity contribution in [1.82, 2.24) is 0 Å². The van der Waals surface area contributed by atoms with E-state index in [0.29, 0.717) is 37.9 Å². The number of rotatable bonds is 28. The molecular weight excluding hydrogens is 777 g/mol. The number of carbonyl (C=O) groups excluding carboxylic acids is 2. The third-order valence-corrected chi connectivity index (χ3v) is 24.6. The normalized spacial score (nSPS) is 12.5. The Kier molecular flexibility index (Phi) is 22.5. The van der Waals surface area contributed by atoms with Gasteiger partial charge < -0.3 is 36.7 Å². The summed E-state index contributed by atoms with van der Waals surface area (Å²) in [4.78, 5) is 24.5. The van der Waals surface area contributed by atoms with Gasteiger partial charge in [0.1, 0.15) is 24.7 Å². The first-order valence-electron chi connectivity index (χ1n) is 20.8. The minimum absolute atomic E-state index is 0.0511. The van der Waals surface area contributed by atoms with Crippen LogP contribution in [0, 0.1) is 0 Å². The molecule has 10 nitrogen and oxygen atoms in total. The second-order valence-corrected chi connectivity index (χ2v) is 34.9. The molecule has 0 spiro atoms. The van der Waals surface area contributed by atoms with Crippen molar-refractivity contribution in [3.8, 4) is 11.5 Å². The van der Waals surface area contributed by atoms with Crippen molar-refractivity contribution in [3.05, 3.63) is 59.7 Å². The predicted octanol–water partition coefficient (Wildman–Crippen LogP) is 12.1. The van der Waals surface area contributed by atoms with Crippen LogP contribution in [-0.2, 0) is 27.2 Å². The Bertz CT molecular complexity index is 1300. The fourth-order valence-corrected chi connectivity index (χ4v) is 24.8. The van der Waals surface area contributed by atoms with Gasteiger partial charge in [-0.1, -0.05) is 70.7 Å². The zero-order valence-electron chi connectivity index (χ0n) is 36.6. The fourth-order valence-electron chi connectivity index (χ4n) is 6.77. The molecule has 56 heavy (non-hydrogen) atoms. The van der Waals surface area contributed by atoms with Gasteiger partial charge >= 0.3 is 12.3 Å². The first-order valence-corrected chi connectivity index (χ1v) is 33.3. The molecule has 0 saturated heterocycles. The summed E-state index contributed by atoms with van der Waals surface area (Å²) in [5.41, 5.74) is 2.07. The highest BCUT2D eigenvalue weighted by Crippen LogP contribution is 2.28. The summed E-state index contributed by atoms with van der Waals surface area (Å²) in [7, 11) is -6.65. The van der Waals surface area contributed by atoms with Crippen LogP contribution in [0.3, 0.4) is 0 Å². The Labute approximate surface area is 343 Å². The third kappa shape index (κ3) is 22.0. The molecule has 2 aromatic rings. The van der Waals surface area contributed by atoms with Gasteiger partial charge in [-0.05, 0) is 125 Å². The minimum Gasteiger partial charge on any atom is -0.455 e. The summed E-state index contributed by atoms with van der Waals surface area (Å²) in [6.07, 6.45) is 5.25. The second-order valence-electron chi connectivity index (χ2n) is 17.1. The van der Waals surface area contributed by atoms with Crippen molar-refractivity contribution >= 4 is 45.6 Å². The van der Waals surface area contributed by atoms with Crippen LogP contribution in [0.5, 0.6) is 11.5 Å². The van der Waals surface area contributed by atoms with Crippen molar-refractivity contribution in [2.45, 2.75) is 142 Å². The zero-order valence-corrected chi connectivity index (χ0v) is 40.6. The summed E-state index contributed by atoms with van der Waals surface area (Å²) in [5, 5.41) is 0. The Morgan fingerprint density at radius 2 is 0.804 bits per heavy atom. The zero-order chi connectivity index (χ0) is 41.7. The Balaban J connectivity index is 1.62. The summed E-state index contributed by atoms with van der Waals surface area (Å²) in [5.74, 6) is 0.849. The molecular formula is C42H74O10Si4. The van der Waals surface area contributed by atoms with Gasteiger partial charge in [-0.2, -0.15) is 0 Å². The van der Waals surface area contributed by atoms with Gasteiger partial charge in [-0.3, -0.25) is 0 Å². The number of hydrogen-bond donors (Lipinski definition) is 0. The SMILES string of the molecule is CCCC[Si](C)(C)O[Si](C)(C)CCCOCCOC(=O)Oc1ccc(C(C)c2ccc(OC(=O)OCCOCCC[Si](C)(C)O[Si](C)(C)CCCC)cc2)cc1. The molecule has 14 heteroatoms. The van der Waals surface area contributed by atoms with E-state index in [1.165, 1.54) is 37.8 Å². The molecule has 0 amide bonds. The third-order valence-electron chi connectivity index (χ3n) is 9.56. The Morgan fingerprint density at radius 1 is 0.482 bits per heavy atom. The molecule has 0 unspecified atom stereocenters. The van der Waals surface area contributed by atoms with Crippen LogP contribution in [0.25, 0.3) is 0 Å². The van der Waals surface area contributed by atoms with Crippen LogP contribution in [-0.4, -0.2) is 85.2 Å². The van der Waals surface area contributed by atoms with Crippen LogP contribution in [0.1, 0.15) is 76.3 Å². The highest BCUT2D eigenvalue weighted by molar-refractivity contribution is 6.85. The van der Waals surface area contributed by atoms with Crippen LogP contribution < -0.4 is 9.47 Å². The van der Waals surface area contributed by atoms with Crippen molar-refractivity contribution in [2.24, 2.45) is 0 Å². The molecule has 0 fully saturated rings. The Hall–Kier alpha value is -2.31. The summed E-state index contributed by atoms with van der Waals surface area (Å²) >= 11 is 0. The number of unbranched alkanes of at least 4 members (excludes halogenated alkanes) is 2. The number of hydrogen-bond acceptors (Lipinski definition) is 10. The number of ether oxygens (including phenoxy) is 6. The van der Waals surface area contributed by atoms with Gasteiger partial charge in [0.25, 0.3) is 0 Å². The lowest BCUT2D eigenvalue weighted by molar-refractivity contribution is 0.0518. The predicted molar refractivity (Wildman–Crippen MR) is 236 cm³/mol. The summed E-state index contributed by atoms with van der Waals surface area (Å²) < 4.78 is 45.8. The van der Waals surface area contributed by atoms with E-state index in [1.54, 1.807) is 24.3 Å². The van der Waals surface area contributed by atoms with Gasteiger partial charge in [0, 0.05) is 19.1 Å². The van der Waals surface area contributed by atoms with Crippen LogP contribution in [0.4, 0.5) is 9.59 Å². The summed E-state index contributed by atoms with van der Waals surface area (Å²) in [6.45, 7) is 27.2. The molecule has 0 aliphatic rings. The minimum atomic E-state index is -1.72. The molecule has 0 atom stereocenters. The summed E-state index contributed by atoms with van der Waals surface area (Å²) in [6, 6.07) is 19.2. The standard InChI is InChI=1S/C42H74O10Si4/c1-12-14-32-53(4,5)51-55(8,9)34-16-26-45-28-30-47-41(43)49-39-22-18-37(19-23-39)36(3)38-20-24-40(25-21-38)50-42(44)48-31-29-46-27-17-35-56(10,11)52-54(6,7)33-15-13-2/h18-25,36H,12-17,26-35H2,1-11H3. The molecule has 2 aromatic carbocycles. The maximum Gasteiger partial charge on any atom is 0.513 e. The maximum absolute atomic E-state index is 12.2. The van der Waals surface area contributed by atoms with Gasteiger partial charge in [0.2, 0.25) is 0 Å². The molecule has 0 N–H and O–H groups in total. The van der Waals surface area contributed by atoms with E-state index in [1.807, 2.05) is 24.3 Å². The molecule has 318 valence electrons. The van der Waals surface area contributed by atoms with E-state index in [4.69, 9.17) is 36.7 Å². The second kappa shape index (κ2) is 25.2. The molecule has 0 aliphatic heterocycles. The van der Waals surface area contributed by atoms with E-state index in [0.717, 1.165) is 36.1 Å². The van der Waals surface area contributed by atoms with Crippen LogP contribution in [0.2, 0.25) is 76.6 Å². The first kappa shape index (κ1) is 49.8. The van der Waals surface area contributed by atoms with Gasteiger partial charge in [-0.25, -0.2) is 9.59 Å². The molecule has 0 aromatic heterocycles. The first-order chi connectivity index (χ1) is 26.4. The average molecular weight is 851 g/mol. The fraction of sp³-hybridized carbons (Fsp3) is 0.667. The monoisotopic (exact) mass is 850 g/mol. The Morgan fingerprint density at radius 3 is 1.12 bits per heavy atom. The van der Waals surface area contributed by atoms with E-state index >= 15 is 0 Å². The molecule has 0 aliphatic carbocycles. The van der Waals surface area contributed by atoms with Crippen LogP contribution >= 0.6 is 0 Å². The average Bonchev–Trinajstić information content (AvgIpc) is 3.11. The van der Waals surface area contributed by atoms with Crippen molar-refractivity contribution < 1.29 is 46.2 Å². The van der Waals surface area contributed by atoms with E-state index in [-0.39, 0.29) is 19.1 Å². The van der Waals surface area contributed by atoms with Crippen LogP contribution in [0.15, 0.2) is 48.5 Å². The van der Waals surface area contributed by atoms with Crippen molar-refractivity contribution in [1.29, 1.82) is 0 Å². The van der Waals surface area contributed by atoms with Crippen molar-refractivity contribution in [3.63, 3.8) is 0 Å². The lowest BCUT2D eigenvalue weighted by Crippen LogP contribution is -2.44. The molecule has 0 radical (unpaired) electrons. The maximum atomic E-state index is 12.2. The van der Waals surface area contributed by atoms with Crippen molar-refractivity contribution in [2.75, 3.05) is 39.6 Å². The quantitative estimate of drug-likeness (QED) is 0.0355. The highest BCUT2D eigenvalue weighted by atomic mass is 28.4. The molecule has 0 bridgehead atoms. The lowest BCUT2D eigenvalue weighted by Gasteiger charge is -2.34. The van der Waals surface area contributed by atoms with Gasteiger partial charge in [-0.15, -0.1) is 0 Å². The molecule has 0 heterocycles.